The second kappa shape index (κ2) is 9.99. The Bertz CT molecular complexity index is 1220. The molecule has 0 aliphatic carbocycles. The molecule has 1 N–H and O–H groups in total. The molecule has 4 rings (SSSR count). The summed E-state index contributed by atoms with van der Waals surface area (Å²) in [6.07, 6.45) is 4.60. The maximum atomic E-state index is 13.1. The lowest BCUT2D eigenvalue weighted by atomic mass is 9.95. The zero-order valence-corrected chi connectivity index (χ0v) is 18.5. The number of aliphatic hydroxyl groups excluding tert-OH is 1. The molecule has 2 aromatic carbocycles. The van der Waals surface area contributed by atoms with Gasteiger partial charge in [0.2, 0.25) is 5.95 Å². The first-order chi connectivity index (χ1) is 16.5. The molecule has 1 aliphatic rings. The minimum absolute atomic E-state index is 0.0543. The Balaban J connectivity index is 1.83. The summed E-state index contributed by atoms with van der Waals surface area (Å²) < 4.78 is 11.0. The number of aliphatic hydroxyl groups is 1. The minimum Gasteiger partial charge on any atom is -0.507 e. The Morgan fingerprint density at radius 2 is 1.65 bits per heavy atom. The molecule has 172 valence electrons. The molecule has 1 atom stereocenters. The van der Waals surface area contributed by atoms with E-state index in [1.54, 1.807) is 60.7 Å². The highest BCUT2D eigenvalue weighted by Crippen LogP contribution is 2.41. The first-order valence-electron chi connectivity index (χ1n) is 10.7. The molecule has 0 saturated carbocycles. The van der Waals surface area contributed by atoms with E-state index in [4.69, 9.17) is 9.47 Å². The Morgan fingerprint density at radius 1 is 1.03 bits per heavy atom. The van der Waals surface area contributed by atoms with Crippen LogP contribution in [0.15, 0.2) is 85.2 Å². The first kappa shape index (κ1) is 22.7. The van der Waals surface area contributed by atoms with Crippen LogP contribution in [0.1, 0.15) is 24.1 Å². The number of hydrogen-bond acceptors (Lipinski definition) is 7. The molecule has 0 bridgehead atoms. The number of nitrogens with zero attached hydrogens (tertiary/aromatic N) is 3. The molecule has 34 heavy (non-hydrogen) atoms. The number of carbonyl (C=O) groups is 2. The van der Waals surface area contributed by atoms with Crippen LogP contribution >= 0.6 is 0 Å². The van der Waals surface area contributed by atoms with Crippen LogP contribution in [0.2, 0.25) is 0 Å². The zero-order valence-electron chi connectivity index (χ0n) is 18.5. The van der Waals surface area contributed by atoms with E-state index in [0.29, 0.717) is 35.8 Å². The number of rotatable bonds is 8. The summed E-state index contributed by atoms with van der Waals surface area (Å²) in [5.74, 6) is -0.650. The van der Waals surface area contributed by atoms with Crippen molar-refractivity contribution in [3.8, 4) is 11.5 Å². The summed E-state index contributed by atoms with van der Waals surface area (Å²) in [5.41, 5.74) is 0.915. The Morgan fingerprint density at radius 3 is 2.26 bits per heavy atom. The summed E-state index contributed by atoms with van der Waals surface area (Å²) in [4.78, 5) is 35.7. The van der Waals surface area contributed by atoms with E-state index in [9.17, 15) is 14.7 Å². The van der Waals surface area contributed by atoms with Crippen LogP contribution in [0, 0.1) is 0 Å². The van der Waals surface area contributed by atoms with E-state index in [0.717, 1.165) is 0 Å². The van der Waals surface area contributed by atoms with Crippen molar-refractivity contribution in [2.75, 3.05) is 18.1 Å². The fraction of sp³-hybridized carbons (Fsp3) is 0.154. The predicted molar refractivity (Wildman–Crippen MR) is 127 cm³/mol. The lowest BCUT2D eigenvalue weighted by Gasteiger charge is -2.23. The number of aromatic nitrogens is 2. The number of amides is 1. The van der Waals surface area contributed by atoms with Crippen molar-refractivity contribution in [3.05, 3.63) is 96.3 Å². The van der Waals surface area contributed by atoms with Crippen LogP contribution in [0.5, 0.6) is 11.5 Å². The normalized spacial score (nSPS) is 17.0. The van der Waals surface area contributed by atoms with Gasteiger partial charge < -0.3 is 14.6 Å². The predicted octanol–water partition coefficient (Wildman–Crippen LogP) is 4.07. The zero-order chi connectivity index (χ0) is 24.1. The fourth-order valence-electron chi connectivity index (χ4n) is 3.70. The van der Waals surface area contributed by atoms with Gasteiger partial charge in [0.25, 0.3) is 5.78 Å². The van der Waals surface area contributed by atoms with E-state index in [1.807, 2.05) is 6.92 Å². The van der Waals surface area contributed by atoms with E-state index in [-0.39, 0.29) is 17.3 Å². The number of Topliss-reactive ketones (excluding diaryl/α,β-unsaturated/α-hetero) is 1. The number of benzene rings is 2. The SMILES string of the molecule is C=CCOc1ccc(C2/C(=C(/O)c3ccc(OCC)cc3)C(=O)C(=O)N2c2ncccn2)cc1. The molecular formula is C26H23N3O5. The second-order valence-electron chi connectivity index (χ2n) is 7.34. The van der Waals surface area contributed by atoms with Gasteiger partial charge in [0.1, 0.15) is 23.9 Å². The highest BCUT2D eigenvalue weighted by Gasteiger charge is 2.48. The summed E-state index contributed by atoms with van der Waals surface area (Å²) in [5, 5.41) is 11.2. The van der Waals surface area contributed by atoms with Gasteiger partial charge in [-0.15, -0.1) is 0 Å². The van der Waals surface area contributed by atoms with Gasteiger partial charge in [0.05, 0.1) is 18.2 Å². The van der Waals surface area contributed by atoms with Crippen molar-refractivity contribution in [3.63, 3.8) is 0 Å². The van der Waals surface area contributed by atoms with Gasteiger partial charge in [0, 0.05) is 18.0 Å². The van der Waals surface area contributed by atoms with Gasteiger partial charge in [-0.05, 0) is 55.0 Å². The van der Waals surface area contributed by atoms with Gasteiger partial charge in [-0.1, -0.05) is 24.8 Å². The maximum absolute atomic E-state index is 13.1. The molecule has 1 fully saturated rings. The van der Waals surface area contributed by atoms with Gasteiger partial charge in [-0.2, -0.15) is 0 Å². The number of ether oxygens (including phenoxy) is 2. The van der Waals surface area contributed by atoms with E-state index in [2.05, 4.69) is 16.5 Å². The number of ketones is 1. The Hall–Kier alpha value is -4.46. The van der Waals surface area contributed by atoms with Crippen molar-refractivity contribution in [1.82, 2.24) is 9.97 Å². The molecule has 3 aromatic rings. The molecule has 0 spiro atoms. The van der Waals surface area contributed by atoms with Gasteiger partial charge >= 0.3 is 5.91 Å². The third kappa shape index (κ3) is 4.38. The molecule has 1 unspecified atom stereocenters. The van der Waals surface area contributed by atoms with Crippen LogP contribution in [0.4, 0.5) is 5.95 Å². The Kier molecular flexibility index (Phi) is 6.68. The standard InChI is InChI=1S/C26H23N3O5/c1-3-16-34-20-10-6-17(7-11-20)22-21(23(30)18-8-12-19(13-9-18)33-4-2)24(31)25(32)29(22)26-27-14-5-15-28-26/h3,5-15,22,30H,1,4,16H2,2H3/b23-21-. The topological polar surface area (TPSA) is 102 Å². The molecule has 8 nitrogen and oxygen atoms in total. The average molecular weight is 457 g/mol. The van der Waals surface area contributed by atoms with Gasteiger partial charge in [-0.25, -0.2) is 9.97 Å². The van der Waals surface area contributed by atoms with Crippen LogP contribution in [-0.2, 0) is 9.59 Å². The average Bonchev–Trinajstić information content (AvgIpc) is 3.14. The fourth-order valence-corrected chi connectivity index (χ4v) is 3.70. The van der Waals surface area contributed by atoms with Crippen molar-refractivity contribution in [2.45, 2.75) is 13.0 Å². The number of hydrogen-bond donors (Lipinski definition) is 1. The lowest BCUT2D eigenvalue weighted by Crippen LogP contribution is -2.31. The van der Waals surface area contributed by atoms with Crippen molar-refractivity contribution in [2.24, 2.45) is 0 Å². The highest BCUT2D eigenvalue weighted by atomic mass is 16.5. The minimum atomic E-state index is -0.928. The van der Waals surface area contributed by atoms with Crippen molar-refractivity contribution < 1.29 is 24.2 Å². The Labute approximate surface area is 196 Å². The number of anilines is 1. The smallest absolute Gasteiger partial charge is 0.302 e. The highest BCUT2D eigenvalue weighted by molar-refractivity contribution is 6.51. The lowest BCUT2D eigenvalue weighted by molar-refractivity contribution is -0.132. The molecule has 0 radical (unpaired) electrons. The molecule has 8 heteroatoms. The van der Waals surface area contributed by atoms with Crippen LogP contribution in [-0.4, -0.2) is 40.0 Å². The molecule has 1 saturated heterocycles. The van der Waals surface area contributed by atoms with E-state index in [1.165, 1.54) is 17.3 Å². The molecule has 2 heterocycles. The third-order valence-corrected chi connectivity index (χ3v) is 5.21. The third-order valence-electron chi connectivity index (χ3n) is 5.21. The molecular weight excluding hydrogens is 434 g/mol. The van der Waals surface area contributed by atoms with Crippen LogP contribution in [0.3, 0.4) is 0 Å². The van der Waals surface area contributed by atoms with Gasteiger partial charge in [0.15, 0.2) is 0 Å². The number of carbonyl (C=O) groups excluding carboxylic acids is 2. The quantitative estimate of drug-likeness (QED) is 0.235. The maximum Gasteiger partial charge on any atom is 0.302 e. The summed E-state index contributed by atoms with van der Waals surface area (Å²) in [6, 6.07) is 14.2. The van der Waals surface area contributed by atoms with E-state index < -0.39 is 17.7 Å². The van der Waals surface area contributed by atoms with Crippen LogP contribution in [0.25, 0.3) is 5.76 Å². The second-order valence-corrected chi connectivity index (χ2v) is 7.34. The summed E-state index contributed by atoms with van der Waals surface area (Å²) in [7, 11) is 0. The molecule has 1 amide bonds. The summed E-state index contributed by atoms with van der Waals surface area (Å²) >= 11 is 0. The largest absolute Gasteiger partial charge is 0.507 e. The van der Waals surface area contributed by atoms with Crippen LogP contribution < -0.4 is 14.4 Å². The van der Waals surface area contributed by atoms with Crippen molar-refractivity contribution >= 4 is 23.4 Å². The first-order valence-corrected chi connectivity index (χ1v) is 10.7. The monoisotopic (exact) mass is 457 g/mol. The van der Waals surface area contributed by atoms with Gasteiger partial charge in [-0.3, -0.25) is 14.5 Å². The van der Waals surface area contributed by atoms with Crippen molar-refractivity contribution in [1.29, 1.82) is 0 Å². The molecule has 1 aliphatic heterocycles. The summed E-state index contributed by atoms with van der Waals surface area (Å²) in [6.45, 7) is 6.34. The molecule has 1 aromatic heterocycles. The van der Waals surface area contributed by atoms with E-state index >= 15 is 0 Å².